The fraction of sp³-hybridized carbons (Fsp3) is 0.500. The molecule has 0 radical (unpaired) electrons. The molecule has 3 N–H and O–H groups in total. The van der Waals surface area contributed by atoms with Crippen molar-refractivity contribution in [1.29, 1.82) is 0 Å². The van der Waals surface area contributed by atoms with Crippen LogP contribution >= 0.6 is 0 Å². The lowest BCUT2D eigenvalue weighted by Crippen LogP contribution is -2.51. The zero-order chi connectivity index (χ0) is 12.9. The van der Waals surface area contributed by atoms with Gasteiger partial charge in [-0.1, -0.05) is 36.8 Å². The highest BCUT2D eigenvalue weighted by Gasteiger charge is 2.25. The van der Waals surface area contributed by atoms with Crippen LogP contribution in [-0.4, -0.2) is 18.0 Å². The summed E-state index contributed by atoms with van der Waals surface area (Å²) in [5.74, 6) is -0.0762. The molecule has 94 valence electrons. The number of aryl methyl sites for hydroxylation is 1. The monoisotopic (exact) mass is 234 g/mol. The van der Waals surface area contributed by atoms with Gasteiger partial charge in [-0.3, -0.25) is 4.79 Å². The lowest BCUT2D eigenvalue weighted by molar-refractivity contribution is -0.125. The molecular weight excluding hydrogens is 212 g/mol. The Kier molecular flexibility index (Phi) is 4.70. The number of carbonyl (C=O) groups excluding carboxylic acids is 1. The van der Waals surface area contributed by atoms with Crippen molar-refractivity contribution in [3.63, 3.8) is 0 Å². The zero-order valence-electron chi connectivity index (χ0n) is 10.9. The van der Waals surface area contributed by atoms with Gasteiger partial charge in [0.1, 0.15) is 0 Å². The lowest BCUT2D eigenvalue weighted by Gasteiger charge is -2.21. The first kappa shape index (κ1) is 13.7. The molecule has 0 heterocycles. The van der Waals surface area contributed by atoms with Crippen LogP contribution < -0.4 is 11.1 Å². The minimum Gasteiger partial charge on any atom is -0.354 e. The van der Waals surface area contributed by atoms with Gasteiger partial charge in [0.25, 0.3) is 0 Å². The number of amides is 1. The predicted octanol–water partition coefficient (Wildman–Crippen LogP) is 1.78. The first-order valence-electron chi connectivity index (χ1n) is 6.08. The van der Waals surface area contributed by atoms with E-state index in [4.69, 9.17) is 5.73 Å². The van der Waals surface area contributed by atoms with E-state index in [1.807, 2.05) is 13.0 Å². The van der Waals surface area contributed by atoms with Crippen molar-refractivity contribution in [2.24, 2.45) is 5.73 Å². The van der Waals surface area contributed by atoms with Gasteiger partial charge in [0, 0.05) is 6.54 Å². The molecule has 0 saturated heterocycles. The van der Waals surface area contributed by atoms with Crippen molar-refractivity contribution >= 4 is 5.91 Å². The fourth-order valence-corrected chi connectivity index (χ4v) is 1.55. The van der Waals surface area contributed by atoms with Crippen LogP contribution in [0.15, 0.2) is 24.3 Å². The molecule has 3 heteroatoms. The van der Waals surface area contributed by atoms with Gasteiger partial charge in [0.15, 0.2) is 0 Å². The van der Waals surface area contributed by atoms with Crippen LogP contribution in [-0.2, 0) is 11.2 Å². The van der Waals surface area contributed by atoms with E-state index in [9.17, 15) is 4.79 Å². The summed E-state index contributed by atoms with van der Waals surface area (Å²) in [6.07, 6.45) is 1.48. The van der Waals surface area contributed by atoms with Crippen molar-refractivity contribution in [2.45, 2.75) is 39.2 Å². The van der Waals surface area contributed by atoms with Gasteiger partial charge in [-0.05, 0) is 32.3 Å². The molecule has 0 aliphatic rings. The average molecular weight is 234 g/mol. The van der Waals surface area contributed by atoms with E-state index in [1.54, 1.807) is 6.92 Å². The van der Waals surface area contributed by atoms with Crippen LogP contribution in [0.1, 0.15) is 31.4 Å². The molecule has 0 fully saturated rings. The second-order valence-electron chi connectivity index (χ2n) is 4.77. The molecular formula is C14H22N2O. The van der Waals surface area contributed by atoms with Crippen LogP contribution in [0, 0.1) is 6.92 Å². The Morgan fingerprint density at radius 3 is 2.76 bits per heavy atom. The summed E-state index contributed by atoms with van der Waals surface area (Å²) in [4.78, 5) is 11.7. The Bertz CT molecular complexity index is 386. The Labute approximate surface area is 103 Å². The van der Waals surface area contributed by atoms with E-state index in [0.717, 1.165) is 6.42 Å². The number of hydrogen-bond donors (Lipinski definition) is 2. The molecule has 1 unspecified atom stereocenters. The molecule has 0 aliphatic heterocycles. The molecule has 0 saturated carbocycles. The molecule has 0 bridgehead atoms. The van der Waals surface area contributed by atoms with Crippen molar-refractivity contribution in [2.75, 3.05) is 6.54 Å². The maximum atomic E-state index is 11.7. The van der Waals surface area contributed by atoms with Crippen molar-refractivity contribution < 1.29 is 4.79 Å². The minimum absolute atomic E-state index is 0.0762. The van der Waals surface area contributed by atoms with Gasteiger partial charge in [0.2, 0.25) is 5.91 Å². The predicted molar refractivity (Wildman–Crippen MR) is 70.8 cm³/mol. The van der Waals surface area contributed by atoms with E-state index in [1.165, 1.54) is 11.1 Å². The maximum absolute atomic E-state index is 11.7. The Morgan fingerprint density at radius 2 is 2.18 bits per heavy atom. The molecule has 0 aliphatic carbocycles. The number of nitrogens with two attached hydrogens (primary N) is 1. The average Bonchev–Trinajstić information content (AvgIpc) is 2.29. The largest absolute Gasteiger partial charge is 0.354 e. The molecule has 3 nitrogen and oxygen atoms in total. The lowest BCUT2D eigenvalue weighted by atomic mass is 9.99. The topological polar surface area (TPSA) is 55.1 Å². The maximum Gasteiger partial charge on any atom is 0.239 e. The SMILES string of the molecule is CCC(C)(N)C(=O)NCCc1cccc(C)c1. The molecule has 17 heavy (non-hydrogen) atoms. The van der Waals surface area contributed by atoms with E-state index in [2.05, 4.69) is 30.4 Å². The van der Waals surface area contributed by atoms with Crippen LogP contribution in [0.4, 0.5) is 0 Å². The quantitative estimate of drug-likeness (QED) is 0.816. The van der Waals surface area contributed by atoms with E-state index in [0.29, 0.717) is 13.0 Å². The summed E-state index contributed by atoms with van der Waals surface area (Å²) in [5.41, 5.74) is 7.57. The summed E-state index contributed by atoms with van der Waals surface area (Å²) >= 11 is 0. The molecule has 1 atom stereocenters. The summed E-state index contributed by atoms with van der Waals surface area (Å²) in [5, 5.41) is 2.88. The van der Waals surface area contributed by atoms with Crippen LogP contribution in [0.2, 0.25) is 0 Å². The summed E-state index contributed by atoms with van der Waals surface area (Å²) < 4.78 is 0. The first-order chi connectivity index (χ1) is 7.95. The Hall–Kier alpha value is -1.35. The molecule has 0 spiro atoms. The number of nitrogens with one attached hydrogen (secondary N) is 1. The van der Waals surface area contributed by atoms with Crippen LogP contribution in [0.5, 0.6) is 0 Å². The van der Waals surface area contributed by atoms with Crippen molar-refractivity contribution in [3.05, 3.63) is 35.4 Å². The number of benzene rings is 1. The highest BCUT2D eigenvalue weighted by Crippen LogP contribution is 2.06. The van der Waals surface area contributed by atoms with Crippen LogP contribution in [0.25, 0.3) is 0 Å². The van der Waals surface area contributed by atoms with E-state index < -0.39 is 5.54 Å². The molecule has 1 aromatic rings. The normalized spacial score (nSPS) is 14.1. The van der Waals surface area contributed by atoms with E-state index in [-0.39, 0.29) is 5.91 Å². The summed E-state index contributed by atoms with van der Waals surface area (Å²) in [7, 11) is 0. The number of carbonyl (C=O) groups is 1. The van der Waals surface area contributed by atoms with Crippen molar-refractivity contribution in [1.82, 2.24) is 5.32 Å². The third kappa shape index (κ3) is 4.19. The minimum atomic E-state index is -0.757. The summed E-state index contributed by atoms with van der Waals surface area (Å²) in [6, 6.07) is 8.30. The summed E-state index contributed by atoms with van der Waals surface area (Å²) in [6.45, 7) is 6.38. The molecule has 1 rings (SSSR count). The second-order valence-corrected chi connectivity index (χ2v) is 4.77. The van der Waals surface area contributed by atoms with Crippen LogP contribution in [0.3, 0.4) is 0 Å². The Balaban J connectivity index is 2.41. The van der Waals surface area contributed by atoms with Crippen molar-refractivity contribution in [3.8, 4) is 0 Å². The third-order valence-corrected chi connectivity index (χ3v) is 3.03. The van der Waals surface area contributed by atoms with Gasteiger partial charge >= 0.3 is 0 Å². The van der Waals surface area contributed by atoms with E-state index >= 15 is 0 Å². The molecule has 0 aromatic heterocycles. The molecule has 1 aromatic carbocycles. The second kappa shape index (κ2) is 5.82. The fourth-order valence-electron chi connectivity index (χ4n) is 1.55. The first-order valence-corrected chi connectivity index (χ1v) is 6.08. The third-order valence-electron chi connectivity index (χ3n) is 3.03. The zero-order valence-corrected chi connectivity index (χ0v) is 10.9. The molecule has 1 amide bonds. The standard InChI is InChI=1S/C14H22N2O/c1-4-14(3,15)13(17)16-9-8-12-7-5-6-11(2)10-12/h5-7,10H,4,8-9,15H2,1-3H3,(H,16,17). The highest BCUT2D eigenvalue weighted by atomic mass is 16.2. The Morgan fingerprint density at radius 1 is 1.47 bits per heavy atom. The number of hydrogen-bond acceptors (Lipinski definition) is 2. The van der Waals surface area contributed by atoms with Gasteiger partial charge in [-0.2, -0.15) is 0 Å². The smallest absolute Gasteiger partial charge is 0.239 e. The van der Waals surface area contributed by atoms with Gasteiger partial charge in [-0.25, -0.2) is 0 Å². The number of rotatable bonds is 5. The van der Waals surface area contributed by atoms with Gasteiger partial charge in [0.05, 0.1) is 5.54 Å². The van der Waals surface area contributed by atoms with Gasteiger partial charge < -0.3 is 11.1 Å². The van der Waals surface area contributed by atoms with Gasteiger partial charge in [-0.15, -0.1) is 0 Å². The highest BCUT2D eigenvalue weighted by molar-refractivity contribution is 5.85.